The number of amides is 2. The molecule has 0 spiro atoms. The molecule has 7 heteroatoms. The standard InChI is InChI=1S/C22H25ClFN3O2/c1-16-7-8-17(13-20(16)24)14-25-21(28)15-26-9-4-10-27(12-11-26)22(29)18-5-2-3-6-19(18)23/h2-3,5-8,13H,4,9-12,14-15H2,1H3,(H,25,28). The molecule has 0 saturated carbocycles. The molecular formula is C22H25ClFN3O2. The fraction of sp³-hybridized carbons (Fsp3) is 0.364. The summed E-state index contributed by atoms with van der Waals surface area (Å²) in [7, 11) is 0. The lowest BCUT2D eigenvalue weighted by atomic mass is 10.1. The van der Waals surface area contributed by atoms with E-state index < -0.39 is 0 Å². The third-order valence-corrected chi connectivity index (χ3v) is 5.40. The fourth-order valence-corrected chi connectivity index (χ4v) is 3.56. The molecule has 1 saturated heterocycles. The van der Waals surface area contributed by atoms with Crippen molar-refractivity contribution in [1.29, 1.82) is 0 Å². The van der Waals surface area contributed by atoms with E-state index >= 15 is 0 Å². The third kappa shape index (κ3) is 5.78. The van der Waals surface area contributed by atoms with E-state index in [1.54, 1.807) is 42.2 Å². The normalized spacial score (nSPS) is 15.1. The first-order chi connectivity index (χ1) is 13.9. The maximum atomic E-state index is 13.6. The van der Waals surface area contributed by atoms with Crippen molar-refractivity contribution in [1.82, 2.24) is 15.1 Å². The van der Waals surface area contributed by atoms with Crippen LogP contribution in [0.25, 0.3) is 0 Å². The zero-order valence-electron chi connectivity index (χ0n) is 16.5. The average molecular weight is 418 g/mol. The number of rotatable bonds is 5. The molecule has 29 heavy (non-hydrogen) atoms. The second-order valence-corrected chi connectivity index (χ2v) is 7.67. The van der Waals surface area contributed by atoms with E-state index in [4.69, 9.17) is 11.6 Å². The summed E-state index contributed by atoms with van der Waals surface area (Å²) in [5, 5.41) is 3.28. The molecule has 0 unspecified atom stereocenters. The highest BCUT2D eigenvalue weighted by Crippen LogP contribution is 2.18. The Bertz CT molecular complexity index is 890. The first-order valence-electron chi connectivity index (χ1n) is 9.72. The molecule has 1 aliphatic heterocycles. The van der Waals surface area contributed by atoms with Crippen molar-refractivity contribution >= 4 is 23.4 Å². The van der Waals surface area contributed by atoms with E-state index in [2.05, 4.69) is 5.32 Å². The molecule has 2 aromatic carbocycles. The van der Waals surface area contributed by atoms with E-state index in [1.165, 1.54) is 6.07 Å². The smallest absolute Gasteiger partial charge is 0.255 e. The Morgan fingerprint density at radius 3 is 2.66 bits per heavy atom. The first kappa shape index (κ1) is 21.3. The maximum absolute atomic E-state index is 13.6. The number of hydrogen-bond donors (Lipinski definition) is 1. The summed E-state index contributed by atoms with van der Waals surface area (Å²) in [6.45, 7) is 4.77. The van der Waals surface area contributed by atoms with Gasteiger partial charge in [-0.3, -0.25) is 14.5 Å². The summed E-state index contributed by atoms with van der Waals surface area (Å²) < 4.78 is 13.6. The van der Waals surface area contributed by atoms with Crippen molar-refractivity contribution in [2.45, 2.75) is 19.9 Å². The quantitative estimate of drug-likeness (QED) is 0.812. The van der Waals surface area contributed by atoms with Gasteiger partial charge in [-0.2, -0.15) is 0 Å². The van der Waals surface area contributed by atoms with Crippen LogP contribution in [-0.2, 0) is 11.3 Å². The maximum Gasteiger partial charge on any atom is 0.255 e. The second kappa shape index (κ2) is 9.85. The Balaban J connectivity index is 1.49. The molecule has 1 aliphatic rings. The molecule has 0 aliphatic carbocycles. The summed E-state index contributed by atoms with van der Waals surface area (Å²) in [4.78, 5) is 28.8. The van der Waals surface area contributed by atoms with Gasteiger partial charge in [-0.15, -0.1) is 0 Å². The third-order valence-electron chi connectivity index (χ3n) is 5.07. The van der Waals surface area contributed by atoms with E-state index in [-0.39, 0.29) is 24.2 Å². The molecule has 1 fully saturated rings. The van der Waals surface area contributed by atoms with Crippen LogP contribution in [0.1, 0.15) is 27.9 Å². The molecule has 0 bridgehead atoms. The highest BCUT2D eigenvalue weighted by atomic mass is 35.5. The number of carbonyl (C=O) groups is 2. The minimum atomic E-state index is -0.271. The lowest BCUT2D eigenvalue weighted by Crippen LogP contribution is -2.40. The molecular weight excluding hydrogens is 393 g/mol. The van der Waals surface area contributed by atoms with Crippen molar-refractivity contribution in [2.75, 3.05) is 32.7 Å². The number of benzene rings is 2. The van der Waals surface area contributed by atoms with Crippen molar-refractivity contribution in [2.24, 2.45) is 0 Å². The molecule has 2 amide bonds. The van der Waals surface area contributed by atoms with Crippen molar-refractivity contribution < 1.29 is 14.0 Å². The van der Waals surface area contributed by atoms with Gasteiger partial charge < -0.3 is 10.2 Å². The monoisotopic (exact) mass is 417 g/mol. The van der Waals surface area contributed by atoms with Gasteiger partial charge in [0.05, 0.1) is 17.1 Å². The predicted molar refractivity (Wildman–Crippen MR) is 111 cm³/mol. The Labute approximate surface area is 175 Å². The van der Waals surface area contributed by atoms with Gasteiger partial charge in [0, 0.05) is 32.7 Å². The molecule has 0 aromatic heterocycles. The van der Waals surface area contributed by atoms with E-state index in [0.29, 0.717) is 42.3 Å². The molecule has 0 radical (unpaired) electrons. The van der Waals surface area contributed by atoms with Gasteiger partial charge in [0.15, 0.2) is 0 Å². The van der Waals surface area contributed by atoms with E-state index in [1.807, 2.05) is 11.0 Å². The van der Waals surface area contributed by atoms with Crippen molar-refractivity contribution in [3.63, 3.8) is 0 Å². The number of hydrogen-bond acceptors (Lipinski definition) is 3. The number of nitrogens with one attached hydrogen (secondary N) is 1. The lowest BCUT2D eigenvalue weighted by molar-refractivity contribution is -0.122. The molecule has 1 heterocycles. The van der Waals surface area contributed by atoms with Crippen LogP contribution in [0, 0.1) is 12.7 Å². The Kier molecular flexibility index (Phi) is 7.23. The summed E-state index contributed by atoms with van der Waals surface area (Å²) >= 11 is 6.15. The summed E-state index contributed by atoms with van der Waals surface area (Å²) in [6, 6.07) is 12.0. The molecule has 3 rings (SSSR count). The highest BCUT2D eigenvalue weighted by Gasteiger charge is 2.22. The molecule has 2 aromatic rings. The number of aryl methyl sites for hydroxylation is 1. The van der Waals surface area contributed by atoms with Crippen molar-refractivity contribution in [3.05, 3.63) is 70.0 Å². The average Bonchev–Trinajstić information content (AvgIpc) is 2.94. The van der Waals surface area contributed by atoms with Crippen LogP contribution in [-0.4, -0.2) is 54.3 Å². The number of carbonyl (C=O) groups excluding carboxylic acids is 2. The van der Waals surface area contributed by atoms with Crippen molar-refractivity contribution in [3.8, 4) is 0 Å². The molecule has 1 N–H and O–H groups in total. The Morgan fingerprint density at radius 2 is 1.90 bits per heavy atom. The lowest BCUT2D eigenvalue weighted by Gasteiger charge is -2.22. The van der Waals surface area contributed by atoms with Crippen LogP contribution in [0.2, 0.25) is 5.02 Å². The largest absolute Gasteiger partial charge is 0.351 e. The zero-order valence-corrected chi connectivity index (χ0v) is 17.2. The van der Waals surface area contributed by atoms with Gasteiger partial charge in [-0.1, -0.05) is 35.9 Å². The number of halogens is 2. The first-order valence-corrected chi connectivity index (χ1v) is 10.1. The van der Waals surface area contributed by atoms with Crippen LogP contribution < -0.4 is 5.32 Å². The van der Waals surface area contributed by atoms with Gasteiger partial charge in [0.1, 0.15) is 5.82 Å². The van der Waals surface area contributed by atoms with Gasteiger partial charge in [0.25, 0.3) is 5.91 Å². The van der Waals surface area contributed by atoms with Crippen LogP contribution in [0.15, 0.2) is 42.5 Å². The van der Waals surface area contributed by atoms with E-state index in [0.717, 1.165) is 18.5 Å². The Hall–Kier alpha value is -2.44. The topological polar surface area (TPSA) is 52.7 Å². The van der Waals surface area contributed by atoms with Gasteiger partial charge in [0.2, 0.25) is 5.91 Å². The minimum Gasteiger partial charge on any atom is -0.351 e. The summed E-state index contributed by atoms with van der Waals surface area (Å²) in [5.41, 5.74) is 1.82. The van der Waals surface area contributed by atoms with Crippen LogP contribution >= 0.6 is 11.6 Å². The second-order valence-electron chi connectivity index (χ2n) is 7.26. The summed E-state index contributed by atoms with van der Waals surface area (Å²) in [5.74, 6) is -0.465. The predicted octanol–water partition coefficient (Wildman–Crippen LogP) is 3.25. The Morgan fingerprint density at radius 1 is 1.10 bits per heavy atom. The minimum absolute atomic E-state index is 0.0803. The zero-order chi connectivity index (χ0) is 20.8. The SMILES string of the molecule is Cc1ccc(CNC(=O)CN2CCCN(C(=O)c3ccccc3Cl)CC2)cc1F. The molecule has 154 valence electrons. The van der Waals surface area contributed by atoms with Crippen LogP contribution in [0.5, 0.6) is 0 Å². The van der Waals surface area contributed by atoms with Gasteiger partial charge in [-0.05, 0) is 42.7 Å². The summed E-state index contributed by atoms with van der Waals surface area (Å²) in [6.07, 6.45) is 0.784. The van der Waals surface area contributed by atoms with Crippen LogP contribution in [0.3, 0.4) is 0 Å². The van der Waals surface area contributed by atoms with Crippen LogP contribution in [0.4, 0.5) is 4.39 Å². The molecule has 5 nitrogen and oxygen atoms in total. The fourth-order valence-electron chi connectivity index (χ4n) is 3.34. The van der Waals surface area contributed by atoms with Gasteiger partial charge >= 0.3 is 0 Å². The van der Waals surface area contributed by atoms with Gasteiger partial charge in [-0.25, -0.2) is 4.39 Å². The van der Waals surface area contributed by atoms with E-state index in [9.17, 15) is 14.0 Å². The molecule has 0 atom stereocenters. The number of nitrogens with zero attached hydrogens (tertiary/aromatic N) is 2. The highest BCUT2D eigenvalue weighted by molar-refractivity contribution is 6.33.